The Bertz CT molecular complexity index is 412. The Kier molecular flexibility index (Phi) is 7.74. The quantitative estimate of drug-likeness (QED) is 0.844. The Morgan fingerprint density at radius 3 is 2.26 bits per heavy atom. The molecule has 0 radical (unpaired) electrons. The van der Waals surface area contributed by atoms with Gasteiger partial charge in [-0.1, -0.05) is 0 Å². The molecule has 2 nitrogen and oxygen atoms in total. The topological polar surface area (TPSA) is 15.3 Å². The van der Waals surface area contributed by atoms with Gasteiger partial charge in [-0.05, 0) is 13.0 Å². The van der Waals surface area contributed by atoms with Crippen LogP contribution in [0.2, 0.25) is 0 Å². The van der Waals surface area contributed by atoms with Crippen molar-refractivity contribution in [2.75, 3.05) is 26.2 Å². The molecule has 1 aliphatic heterocycles. The first-order valence-electron chi connectivity index (χ1n) is 5.69. The number of hydrogen-bond acceptors (Lipinski definition) is 2. The van der Waals surface area contributed by atoms with Crippen molar-refractivity contribution in [3.05, 3.63) is 35.1 Å². The van der Waals surface area contributed by atoms with E-state index in [-0.39, 0.29) is 36.4 Å². The van der Waals surface area contributed by atoms with Gasteiger partial charge in [0.05, 0.1) is 0 Å². The summed E-state index contributed by atoms with van der Waals surface area (Å²) in [5.74, 6) is -2.81. The van der Waals surface area contributed by atoms with Crippen LogP contribution < -0.4 is 5.32 Å². The SMILES string of the molecule is C[C@@H](c1cc(F)cc(F)c1F)N1CCNCC1.Cl.Cl. The summed E-state index contributed by atoms with van der Waals surface area (Å²) >= 11 is 0. The van der Waals surface area contributed by atoms with Crippen molar-refractivity contribution in [2.45, 2.75) is 13.0 Å². The fourth-order valence-corrected chi connectivity index (χ4v) is 2.15. The van der Waals surface area contributed by atoms with Crippen LogP contribution in [0.1, 0.15) is 18.5 Å². The number of halogens is 5. The monoisotopic (exact) mass is 316 g/mol. The maximum Gasteiger partial charge on any atom is 0.163 e. The van der Waals surface area contributed by atoms with Gasteiger partial charge < -0.3 is 5.32 Å². The summed E-state index contributed by atoms with van der Waals surface area (Å²) in [6, 6.07) is 1.33. The second kappa shape index (κ2) is 7.94. The summed E-state index contributed by atoms with van der Waals surface area (Å²) in [7, 11) is 0. The lowest BCUT2D eigenvalue weighted by Gasteiger charge is -2.33. The third-order valence-corrected chi connectivity index (χ3v) is 3.17. The van der Waals surface area contributed by atoms with E-state index in [1.54, 1.807) is 6.92 Å². The van der Waals surface area contributed by atoms with E-state index in [9.17, 15) is 13.2 Å². The predicted molar refractivity (Wildman–Crippen MR) is 73.7 cm³/mol. The van der Waals surface area contributed by atoms with E-state index >= 15 is 0 Å². The van der Waals surface area contributed by atoms with Crippen molar-refractivity contribution in [1.29, 1.82) is 0 Å². The molecule has 1 atom stereocenters. The number of nitrogens with one attached hydrogen (secondary N) is 1. The van der Waals surface area contributed by atoms with Gasteiger partial charge in [0.1, 0.15) is 5.82 Å². The minimum Gasteiger partial charge on any atom is -0.314 e. The Morgan fingerprint density at radius 2 is 1.68 bits per heavy atom. The molecule has 19 heavy (non-hydrogen) atoms. The lowest BCUT2D eigenvalue weighted by Crippen LogP contribution is -2.44. The molecule has 110 valence electrons. The van der Waals surface area contributed by atoms with E-state index in [0.29, 0.717) is 6.07 Å². The van der Waals surface area contributed by atoms with E-state index in [1.165, 1.54) is 0 Å². The summed E-state index contributed by atoms with van der Waals surface area (Å²) in [6.07, 6.45) is 0. The van der Waals surface area contributed by atoms with Crippen LogP contribution in [0, 0.1) is 17.5 Å². The average Bonchev–Trinajstić information content (AvgIpc) is 2.34. The predicted octanol–water partition coefficient (Wildman–Crippen LogP) is 2.91. The molecule has 0 unspecified atom stereocenters. The maximum absolute atomic E-state index is 13.6. The smallest absolute Gasteiger partial charge is 0.163 e. The highest BCUT2D eigenvalue weighted by atomic mass is 35.5. The molecule has 2 rings (SSSR count). The minimum absolute atomic E-state index is 0. The standard InChI is InChI=1S/C12H15F3N2.2ClH/c1-8(17-4-2-16-3-5-17)10-6-9(13)7-11(14)12(10)15;;/h6-8,16H,2-5H2,1H3;2*1H/t8-;;/m0../s1. The molecule has 0 aromatic heterocycles. The van der Waals surface area contributed by atoms with Gasteiger partial charge in [0.25, 0.3) is 0 Å². The summed E-state index contributed by atoms with van der Waals surface area (Å²) in [4.78, 5) is 2.01. The van der Waals surface area contributed by atoms with Crippen LogP contribution in [-0.2, 0) is 0 Å². The molecule has 1 fully saturated rings. The van der Waals surface area contributed by atoms with Gasteiger partial charge in [0.15, 0.2) is 11.6 Å². The highest BCUT2D eigenvalue weighted by Gasteiger charge is 2.23. The summed E-state index contributed by atoms with van der Waals surface area (Å²) in [5.41, 5.74) is 0.0874. The maximum atomic E-state index is 13.6. The number of nitrogens with zero attached hydrogens (tertiary/aromatic N) is 1. The van der Waals surface area contributed by atoms with Gasteiger partial charge in [-0.25, -0.2) is 13.2 Å². The molecule has 1 N–H and O–H groups in total. The second-order valence-corrected chi connectivity index (χ2v) is 4.25. The first-order chi connectivity index (χ1) is 8.09. The van der Waals surface area contributed by atoms with Crippen LogP contribution in [0.4, 0.5) is 13.2 Å². The van der Waals surface area contributed by atoms with Crippen LogP contribution in [0.3, 0.4) is 0 Å². The van der Waals surface area contributed by atoms with Gasteiger partial charge in [-0.2, -0.15) is 0 Å². The molecule has 1 heterocycles. The van der Waals surface area contributed by atoms with Crippen molar-refractivity contribution in [1.82, 2.24) is 10.2 Å². The Labute approximate surface area is 123 Å². The average molecular weight is 317 g/mol. The van der Waals surface area contributed by atoms with Crippen LogP contribution in [0.25, 0.3) is 0 Å². The highest BCUT2D eigenvalue weighted by Crippen LogP contribution is 2.25. The molecule has 0 aliphatic carbocycles. The molecular formula is C12H17Cl2F3N2. The lowest BCUT2D eigenvalue weighted by molar-refractivity contribution is 0.181. The van der Waals surface area contributed by atoms with E-state index in [2.05, 4.69) is 5.32 Å². The normalized spacial score (nSPS) is 17.3. The third-order valence-electron chi connectivity index (χ3n) is 3.17. The minimum atomic E-state index is -1.12. The first kappa shape index (κ1) is 18.5. The number of rotatable bonds is 2. The Hall–Kier alpha value is -0.490. The molecule has 0 saturated carbocycles. The van der Waals surface area contributed by atoms with Crippen LogP contribution >= 0.6 is 24.8 Å². The molecule has 7 heteroatoms. The van der Waals surface area contributed by atoms with E-state index in [1.807, 2.05) is 4.90 Å². The molecular weight excluding hydrogens is 300 g/mol. The zero-order valence-corrected chi connectivity index (χ0v) is 12.1. The van der Waals surface area contributed by atoms with Crippen LogP contribution in [0.5, 0.6) is 0 Å². The van der Waals surface area contributed by atoms with Gasteiger partial charge in [0.2, 0.25) is 0 Å². The molecule has 1 aliphatic rings. The number of hydrogen-bond donors (Lipinski definition) is 1. The molecule has 0 bridgehead atoms. The van der Waals surface area contributed by atoms with Gasteiger partial charge in [-0.3, -0.25) is 4.90 Å². The first-order valence-corrected chi connectivity index (χ1v) is 5.69. The molecule has 1 aromatic rings. The van der Waals surface area contributed by atoms with Crippen molar-refractivity contribution in [3.63, 3.8) is 0 Å². The van der Waals surface area contributed by atoms with Crippen molar-refractivity contribution < 1.29 is 13.2 Å². The van der Waals surface area contributed by atoms with Crippen molar-refractivity contribution >= 4 is 24.8 Å². The summed E-state index contributed by atoms with van der Waals surface area (Å²) in [5, 5.41) is 3.17. The fraction of sp³-hybridized carbons (Fsp3) is 0.500. The number of benzene rings is 1. The molecule has 1 saturated heterocycles. The summed E-state index contributed by atoms with van der Waals surface area (Å²) in [6.45, 7) is 4.88. The van der Waals surface area contributed by atoms with E-state index < -0.39 is 17.5 Å². The molecule has 1 aromatic carbocycles. The van der Waals surface area contributed by atoms with Gasteiger partial charge in [0, 0.05) is 43.9 Å². The van der Waals surface area contributed by atoms with Crippen LogP contribution in [-0.4, -0.2) is 31.1 Å². The zero-order valence-electron chi connectivity index (χ0n) is 10.5. The molecule has 0 spiro atoms. The highest BCUT2D eigenvalue weighted by molar-refractivity contribution is 5.85. The van der Waals surface area contributed by atoms with Crippen molar-refractivity contribution in [3.8, 4) is 0 Å². The van der Waals surface area contributed by atoms with Gasteiger partial charge in [-0.15, -0.1) is 24.8 Å². The second-order valence-electron chi connectivity index (χ2n) is 4.25. The van der Waals surface area contributed by atoms with E-state index in [4.69, 9.17) is 0 Å². The summed E-state index contributed by atoms with van der Waals surface area (Å²) < 4.78 is 39.8. The lowest BCUT2D eigenvalue weighted by atomic mass is 10.0. The van der Waals surface area contributed by atoms with Gasteiger partial charge >= 0.3 is 0 Å². The van der Waals surface area contributed by atoms with Crippen molar-refractivity contribution in [2.24, 2.45) is 0 Å². The third kappa shape index (κ3) is 4.24. The Balaban J connectivity index is 0.00000162. The molecule has 0 amide bonds. The number of piperazine rings is 1. The zero-order chi connectivity index (χ0) is 12.4. The largest absolute Gasteiger partial charge is 0.314 e. The Morgan fingerprint density at radius 1 is 1.11 bits per heavy atom. The fourth-order valence-electron chi connectivity index (χ4n) is 2.15. The van der Waals surface area contributed by atoms with E-state index in [0.717, 1.165) is 32.2 Å². The van der Waals surface area contributed by atoms with Crippen LogP contribution in [0.15, 0.2) is 12.1 Å².